The third kappa shape index (κ3) is 7.73. The first-order valence-corrected chi connectivity index (χ1v) is 8.68. The van der Waals surface area contributed by atoms with E-state index in [9.17, 15) is 9.59 Å². The van der Waals surface area contributed by atoms with E-state index in [0.717, 1.165) is 19.3 Å². The number of carbonyl (C=O) groups excluding carboxylic acids is 2. The zero-order valence-electron chi connectivity index (χ0n) is 12.9. The third-order valence-corrected chi connectivity index (χ3v) is 3.50. The molecular formula is C14H24INO5. The molecule has 1 rings (SSSR count). The normalized spacial score (nSPS) is 16.5. The summed E-state index contributed by atoms with van der Waals surface area (Å²) in [6.07, 6.45) is 1.75. The Morgan fingerprint density at radius 1 is 1.19 bits per heavy atom. The molecule has 0 aromatic carbocycles. The second-order valence-corrected chi connectivity index (χ2v) is 6.67. The number of halogens is 1. The van der Waals surface area contributed by atoms with E-state index in [1.54, 1.807) is 4.90 Å². The fourth-order valence-corrected chi connectivity index (χ4v) is 2.38. The van der Waals surface area contributed by atoms with Gasteiger partial charge >= 0.3 is 12.2 Å². The van der Waals surface area contributed by atoms with Gasteiger partial charge in [0, 0.05) is 13.1 Å². The summed E-state index contributed by atoms with van der Waals surface area (Å²) in [7, 11) is 0. The van der Waals surface area contributed by atoms with Crippen molar-refractivity contribution in [2.75, 3.05) is 24.3 Å². The molecule has 1 saturated heterocycles. The lowest BCUT2D eigenvalue weighted by molar-refractivity contribution is 0.0169. The summed E-state index contributed by atoms with van der Waals surface area (Å²) < 4.78 is 15.3. The zero-order valence-corrected chi connectivity index (χ0v) is 15.1. The number of piperidine rings is 1. The molecule has 1 heterocycles. The average molecular weight is 413 g/mol. The van der Waals surface area contributed by atoms with Crippen molar-refractivity contribution in [1.82, 2.24) is 4.90 Å². The molecule has 0 spiro atoms. The highest BCUT2D eigenvalue weighted by Crippen LogP contribution is 2.22. The van der Waals surface area contributed by atoms with Gasteiger partial charge in [-0.15, -0.1) is 0 Å². The van der Waals surface area contributed by atoms with Gasteiger partial charge in [0.1, 0.15) is 10.2 Å². The van der Waals surface area contributed by atoms with Gasteiger partial charge in [-0.3, -0.25) is 0 Å². The molecule has 1 amide bonds. The van der Waals surface area contributed by atoms with Crippen molar-refractivity contribution in [2.24, 2.45) is 5.92 Å². The molecule has 0 atom stereocenters. The molecule has 0 unspecified atom stereocenters. The number of nitrogens with zero attached hydrogens (tertiary/aromatic N) is 1. The molecule has 0 radical (unpaired) electrons. The van der Waals surface area contributed by atoms with Crippen molar-refractivity contribution in [3.05, 3.63) is 0 Å². The van der Waals surface area contributed by atoms with Crippen LogP contribution in [0.3, 0.4) is 0 Å². The van der Waals surface area contributed by atoms with Crippen LogP contribution in [0.25, 0.3) is 0 Å². The summed E-state index contributed by atoms with van der Waals surface area (Å²) >= 11 is 1.94. The Kier molecular flexibility index (Phi) is 7.55. The van der Waals surface area contributed by atoms with Gasteiger partial charge in [0.15, 0.2) is 0 Å². The first-order valence-electron chi connectivity index (χ1n) is 7.15. The quantitative estimate of drug-likeness (QED) is 0.401. The Hall–Kier alpha value is -0.730. The molecule has 7 heteroatoms. The van der Waals surface area contributed by atoms with E-state index in [1.807, 2.05) is 43.4 Å². The molecular weight excluding hydrogens is 389 g/mol. The van der Waals surface area contributed by atoms with Crippen LogP contribution in [-0.4, -0.2) is 47.1 Å². The van der Waals surface area contributed by atoms with Gasteiger partial charge in [-0.25, -0.2) is 9.59 Å². The molecule has 0 saturated carbocycles. The van der Waals surface area contributed by atoms with Crippen LogP contribution in [0.4, 0.5) is 9.59 Å². The van der Waals surface area contributed by atoms with Crippen molar-refractivity contribution in [3.8, 4) is 0 Å². The Balaban J connectivity index is 2.20. The van der Waals surface area contributed by atoms with Crippen LogP contribution >= 0.6 is 22.6 Å². The van der Waals surface area contributed by atoms with E-state index in [4.69, 9.17) is 9.47 Å². The largest absolute Gasteiger partial charge is 0.509 e. The van der Waals surface area contributed by atoms with Crippen LogP contribution in [0.1, 0.15) is 40.0 Å². The lowest BCUT2D eigenvalue weighted by atomic mass is 9.94. The van der Waals surface area contributed by atoms with Crippen LogP contribution in [-0.2, 0) is 14.2 Å². The predicted octanol–water partition coefficient (Wildman–Crippen LogP) is 3.57. The molecule has 122 valence electrons. The molecule has 1 aliphatic heterocycles. The van der Waals surface area contributed by atoms with Gasteiger partial charge in [0.2, 0.25) is 0 Å². The van der Waals surface area contributed by atoms with E-state index in [1.165, 1.54) is 0 Å². The van der Waals surface area contributed by atoms with E-state index < -0.39 is 11.8 Å². The number of rotatable bonds is 4. The molecule has 6 nitrogen and oxygen atoms in total. The van der Waals surface area contributed by atoms with Gasteiger partial charge in [-0.2, -0.15) is 0 Å². The first-order chi connectivity index (χ1) is 9.81. The number of alkyl halides is 1. The maximum Gasteiger partial charge on any atom is 0.509 e. The molecule has 0 bridgehead atoms. The number of likely N-dealkylation sites (tertiary alicyclic amines) is 1. The summed E-state index contributed by atoms with van der Waals surface area (Å²) in [5, 5.41) is 0. The summed E-state index contributed by atoms with van der Waals surface area (Å²) in [5.74, 6) is 0.469. The van der Waals surface area contributed by atoms with E-state index in [2.05, 4.69) is 4.74 Å². The Morgan fingerprint density at radius 3 is 2.33 bits per heavy atom. The highest BCUT2D eigenvalue weighted by molar-refractivity contribution is 14.1. The van der Waals surface area contributed by atoms with Crippen LogP contribution in [0.15, 0.2) is 0 Å². The average Bonchev–Trinajstić information content (AvgIpc) is 2.38. The number of amides is 1. The molecule has 1 aliphatic rings. The van der Waals surface area contributed by atoms with Gasteiger partial charge in [-0.1, -0.05) is 0 Å². The van der Waals surface area contributed by atoms with E-state index in [0.29, 0.717) is 30.2 Å². The number of carbonyl (C=O) groups is 2. The molecule has 0 aromatic rings. The van der Waals surface area contributed by atoms with Gasteiger partial charge < -0.3 is 19.1 Å². The highest BCUT2D eigenvalue weighted by Gasteiger charge is 2.26. The zero-order chi connectivity index (χ0) is 15.9. The smallest absolute Gasteiger partial charge is 0.444 e. The summed E-state index contributed by atoms with van der Waals surface area (Å²) in [5.41, 5.74) is -0.458. The van der Waals surface area contributed by atoms with Crippen LogP contribution in [0.5, 0.6) is 0 Å². The highest BCUT2D eigenvalue weighted by atomic mass is 127. The van der Waals surface area contributed by atoms with Gasteiger partial charge in [0.05, 0.1) is 6.61 Å². The standard InChI is InChI=1S/C14H24INO5/c1-14(2,3)21-12(17)16-7-4-11(5-8-16)6-9-19-13(18)20-10-15/h11H,4-10H2,1-3H3. The lowest BCUT2D eigenvalue weighted by Gasteiger charge is -2.33. The maximum atomic E-state index is 11.9. The SMILES string of the molecule is CC(C)(C)OC(=O)N1CCC(CCOC(=O)OCI)CC1. The molecule has 21 heavy (non-hydrogen) atoms. The lowest BCUT2D eigenvalue weighted by Crippen LogP contribution is -2.41. The summed E-state index contributed by atoms with van der Waals surface area (Å²) in [6.45, 7) is 7.35. The van der Waals surface area contributed by atoms with E-state index in [-0.39, 0.29) is 6.09 Å². The molecule has 0 N–H and O–H groups in total. The molecule has 1 fully saturated rings. The number of ether oxygens (including phenoxy) is 3. The Morgan fingerprint density at radius 2 is 1.81 bits per heavy atom. The minimum atomic E-state index is -0.615. The summed E-state index contributed by atoms with van der Waals surface area (Å²) in [6, 6.07) is 0. The van der Waals surface area contributed by atoms with Crippen LogP contribution in [0, 0.1) is 5.92 Å². The minimum Gasteiger partial charge on any atom is -0.444 e. The van der Waals surface area contributed by atoms with Crippen molar-refractivity contribution < 1.29 is 23.8 Å². The monoisotopic (exact) mass is 413 g/mol. The fraction of sp³-hybridized carbons (Fsp3) is 0.857. The van der Waals surface area contributed by atoms with Crippen molar-refractivity contribution in [3.63, 3.8) is 0 Å². The molecule has 0 aliphatic carbocycles. The summed E-state index contributed by atoms with van der Waals surface area (Å²) in [4.78, 5) is 24.7. The van der Waals surface area contributed by atoms with Crippen molar-refractivity contribution >= 4 is 34.8 Å². The second-order valence-electron chi connectivity index (χ2n) is 6.05. The van der Waals surface area contributed by atoms with Crippen molar-refractivity contribution in [1.29, 1.82) is 0 Å². The van der Waals surface area contributed by atoms with Crippen LogP contribution in [0.2, 0.25) is 0 Å². The first kappa shape index (κ1) is 18.3. The van der Waals surface area contributed by atoms with Gasteiger partial charge in [-0.05, 0) is 68.5 Å². The number of hydrogen-bond donors (Lipinski definition) is 0. The van der Waals surface area contributed by atoms with Crippen LogP contribution < -0.4 is 0 Å². The number of hydrogen-bond acceptors (Lipinski definition) is 5. The van der Waals surface area contributed by atoms with Crippen molar-refractivity contribution in [2.45, 2.75) is 45.6 Å². The second kappa shape index (κ2) is 8.65. The Labute approximate surface area is 139 Å². The Bertz CT molecular complexity index is 348. The van der Waals surface area contributed by atoms with Gasteiger partial charge in [0.25, 0.3) is 0 Å². The maximum absolute atomic E-state index is 11.9. The minimum absolute atomic E-state index is 0.247. The van der Waals surface area contributed by atoms with E-state index >= 15 is 0 Å². The fourth-order valence-electron chi connectivity index (χ4n) is 2.13. The molecule has 0 aromatic heterocycles. The third-order valence-electron chi connectivity index (χ3n) is 3.18. The topological polar surface area (TPSA) is 65.1 Å². The predicted molar refractivity (Wildman–Crippen MR) is 86.5 cm³/mol.